The minimum Gasteiger partial charge on any atom is -0.381 e. The van der Waals surface area contributed by atoms with Crippen molar-refractivity contribution in [1.82, 2.24) is 4.90 Å². The lowest BCUT2D eigenvalue weighted by atomic mass is 10.1. The molecule has 0 aliphatic carbocycles. The maximum atomic E-state index is 11.8. The van der Waals surface area contributed by atoms with Gasteiger partial charge in [0.15, 0.2) is 0 Å². The van der Waals surface area contributed by atoms with E-state index in [9.17, 15) is 4.79 Å². The van der Waals surface area contributed by atoms with Gasteiger partial charge in [0.2, 0.25) is 0 Å². The standard InChI is InChI=1S/C10H20N2O3/c1-14-8-3-5-12(6-4-8)10(13)9(7-11)15-2/h8-9H,3-7,11H2,1-2H3. The molecule has 15 heavy (non-hydrogen) atoms. The van der Waals surface area contributed by atoms with Crippen molar-refractivity contribution in [2.24, 2.45) is 5.73 Å². The van der Waals surface area contributed by atoms with Gasteiger partial charge in [-0.2, -0.15) is 0 Å². The molecular weight excluding hydrogens is 196 g/mol. The van der Waals surface area contributed by atoms with Gasteiger partial charge in [-0.25, -0.2) is 0 Å². The smallest absolute Gasteiger partial charge is 0.253 e. The van der Waals surface area contributed by atoms with Crippen molar-refractivity contribution in [1.29, 1.82) is 0 Å². The van der Waals surface area contributed by atoms with Crippen molar-refractivity contribution < 1.29 is 14.3 Å². The first-order valence-electron chi connectivity index (χ1n) is 5.27. The van der Waals surface area contributed by atoms with E-state index in [-0.39, 0.29) is 18.6 Å². The number of carbonyl (C=O) groups excluding carboxylic acids is 1. The average Bonchev–Trinajstić information content (AvgIpc) is 2.30. The fourth-order valence-corrected chi connectivity index (χ4v) is 1.81. The molecule has 0 aromatic rings. The van der Waals surface area contributed by atoms with Crippen LogP contribution in [0.2, 0.25) is 0 Å². The Morgan fingerprint density at radius 1 is 1.47 bits per heavy atom. The Morgan fingerprint density at radius 3 is 2.47 bits per heavy atom. The second-order valence-corrected chi connectivity index (χ2v) is 3.72. The van der Waals surface area contributed by atoms with Crippen LogP contribution in [-0.4, -0.2) is 56.9 Å². The molecule has 1 saturated heterocycles. The normalized spacial score (nSPS) is 20.3. The van der Waals surface area contributed by atoms with Crippen LogP contribution in [0.3, 0.4) is 0 Å². The van der Waals surface area contributed by atoms with E-state index in [0.717, 1.165) is 25.9 Å². The molecule has 0 radical (unpaired) electrons. The highest BCUT2D eigenvalue weighted by molar-refractivity contribution is 5.81. The number of ether oxygens (including phenoxy) is 2. The van der Waals surface area contributed by atoms with Crippen LogP contribution in [0.25, 0.3) is 0 Å². The van der Waals surface area contributed by atoms with Gasteiger partial charge in [-0.3, -0.25) is 4.79 Å². The number of piperidine rings is 1. The van der Waals surface area contributed by atoms with Crippen molar-refractivity contribution in [3.05, 3.63) is 0 Å². The maximum Gasteiger partial charge on any atom is 0.253 e. The maximum absolute atomic E-state index is 11.8. The van der Waals surface area contributed by atoms with E-state index in [1.165, 1.54) is 7.11 Å². The summed E-state index contributed by atoms with van der Waals surface area (Å²) in [6, 6.07) is 0. The second kappa shape index (κ2) is 6.05. The van der Waals surface area contributed by atoms with Gasteiger partial charge in [0, 0.05) is 33.9 Å². The summed E-state index contributed by atoms with van der Waals surface area (Å²) in [6.07, 6.45) is 1.57. The lowest BCUT2D eigenvalue weighted by Gasteiger charge is -2.33. The Kier molecular flexibility index (Phi) is 5.01. The van der Waals surface area contributed by atoms with Gasteiger partial charge >= 0.3 is 0 Å². The number of methoxy groups -OCH3 is 2. The summed E-state index contributed by atoms with van der Waals surface area (Å²) in [7, 11) is 3.22. The molecule has 5 heteroatoms. The fraction of sp³-hybridized carbons (Fsp3) is 0.900. The van der Waals surface area contributed by atoms with Gasteiger partial charge in [-0.05, 0) is 12.8 Å². The number of hydrogen-bond acceptors (Lipinski definition) is 4. The summed E-state index contributed by atoms with van der Waals surface area (Å²) >= 11 is 0. The minimum atomic E-state index is -0.496. The third kappa shape index (κ3) is 3.15. The van der Waals surface area contributed by atoms with Crippen molar-refractivity contribution in [3.63, 3.8) is 0 Å². The van der Waals surface area contributed by atoms with Crippen LogP contribution >= 0.6 is 0 Å². The number of amides is 1. The number of likely N-dealkylation sites (tertiary alicyclic amines) is 1. The predicted molar refractivity (Wildman–Crippen MR) is 56.5 cm³/mol. The van der Waals surface area contributed by atoms with Crippen molar-refractivity contribution in [3.8, 4) is 0 Å². The molecule has 0 bridgehead atoms. The predicted octanol–water partition coefficient (Wildman–Crippen LogP) is -0.402. The molecule has 1 aliphatic heterocycles. The van der Waals surface area contributed by atoms with E-state index in [2.05, 4.69) is 0 Å². The number of carbonyl (C=O) groups is 1. The first-order chi connectivity index (χ1) is 7.22. The van der Waals surface area contributed by atoms with Crippen LogP contribution in [0, 0.1) is 0 Å². The summed E-state index contributed by atoms with van der Waals surface area (Å²) in [5.74, 6) is -0.00504. The van der Waals surface area contributed by atoms with Crippen molar-refractivity contribution >= 4 is 5.91 Å². The molecule has 1 rings (SSSR count). The highest BCUT2D eigenvalue weighted by Gasteiger charge is 2.27. The van der Waals surface area contributed by atoms with Gasteiger partial charge < -0.3 is 20.1 Å². The Labute approximate surface area is 90.5 Å². The topological polar surface area (TPSA) is 64.8 Å². The van der Waals surface area contributed by atoms with Gasteiger partial charge in [0.05, 0.1) is 6.10 Å². The molecule has 0 aromatic carbocycles. The molecule has 2 N–H and O–H groups in total. The molecule has 1 aliphatic rings. The van der Waals surface area contributed by atoms with E-state index >= 15 is 0 Å². The number of hydrogen-bond donors (Lipinski definition) is 1. The molecule has 1 fully saturated rings. The number of nitrogens with two attached hydrogens (primary N) is 1. The molecule has 0 spiro atoms. The van der Waals surface area contributed by atoms with E-state index < -0.39 is 6.10 Å². The van der Waals surface area contributed by atoms with Gasteiger partial charge in [-0.15, -0.1) is 0 Å². The third-order valence-corrected chi connectivity index (χ3v) is 2.86. The van der Waals surface area contributed by atoms with E-state index in [0.29, 0.717) is 0 Å². The van der Waals surface area contributed by atoms with E-state index in [4.69, 9.17) is 15.2 Å². The monoisotopic (exact) mass is 216 g/mol. The summed E-state index contributed by atoms with van der Waals surface area (Å²) < 4.78 is 10.3. The molecule has 0 saturated carbocycles. The third-order valence-electron chi connectivity index (χ3n) is 2.86. The van der Waals surface area contributed by atoms with Crippen LogP contribution < -0.4 is 5.73 Å². The molecule has 1 amide bonds. The van der Waals surface area contributed by atoms with Gasteiger partial charge in [-0.1, -0.05) is 0 Å². The van der Waals surface area contributed by atoms with Gasteiger partial charge in [0.25, 0.3) is 5.91 Å². The molecular formula is C10H20N2O3. The molecule has 5 nitrogen and oxygen atoms in total. The van der Waals surface area contributed by atoms with Crippen LogP contribution in [0.4, 0.5) is 0 Å². The Morgan fingerprint density at radius 2 is 2.07 bits per heavy atom. The van der Waals surface area contributed by atoms with Crippen LogP contribution in [0.15, 0.2) is 0 Å². The zero-order valence-corrected chi connectivity index (χ0v) is 9.44. The zero-order chi connectivity index (χ0) is 11.3. The number of nitrogens with zero attached hydrogens (tertiary/aromatic N) is 1. The van der Waals surface area contributed by atoms with E-state index in [1.807, 2.05) is 0 Å². The van der Waals surface area contributed by atoms with Crippen molar-refractivity contribution in [2.75, 3.05) is 33.9 Å². The lowest BCUT2D eigenvalue weighted by Crippen LogP contribution is -2.48. The SMILES string of the molecule is COC1CCN(C(=O)C(CN)OC)CC1. The molecule has 88 valence electrons. The molecule has 1 heterocycles. The van der Waals surface area contributed by atoms with E-state index in [1.54, 1.807) is 12.0 Å². The van der Waals surface area contributed by atoms with Crippen molar-refractivity contribution in [2.45, 2.75) is 25.0 Å². The summed E-state index contributed by atoms with van der Waals surface area (Å²) in [6.45, 7) is 1.70. The first kappa shape index (κ1) is 12.4. The average molecular weight is 216 g/mol. The molecule has 1 unspecified atom stereocenters. The minimum absolute atomic E-state index is 0.00504. The summed E-state index contributed by atoms with van der Waals surface area (Å²) in [5.41, 5.74) is 5.45. The summed E-state index contributed by atoms with van der Waals surface area (Å²) in [5, 5.41) is 0. The number of rotatable bonds is 4. The lowest BCUT2D eigenvalue weighted by molar-refractivity contribution is -0.143. The highest BCUT2D eigenvalue weighted by atomic mass is 16.5. The van der Waals surface area contributed by atoms with Gasteiger partial charge in [0.1, 0.15) is 6.10 Å². The Balaban J connectivity index is 2.42. The quantitative estimate of drug-likeness (QED) is 0.694. The summed E-state index contributed by atoms with van der Waals surface area (Å²) in [4.78, 5) is 13.6. The first-order valence-corrected chi connectivity index (χ1v) is 5.27. The Bertz CT molecular complexity index is 199. The molecule has 0 aromatic heterocycles. The zero-order valence-electron chi connectivity index (χ0n) is 9.44. The Hall–Kier alpha value is -0.650. The highest BCUT2D eigenvalue weighted by Crippen LogP contribution is 2.14. The van der Waals surface area contributed by atoms with Crippen LogP contribution in [0.5, 0.6) is 0 Å². The van der Waals surface area contributed by atoms with Crippen LogP contribution in [-0.2, 0) is 14.3 Å². The largest absolute Gasteiger partial charge is 0.381 e. The second-order valence-electron chi connectivity index (χ2n) is 3.72. The van der Waals surface area contributed by atoms with Crippen LogP contribution in [0.1, 0.15) is 12.8 Å². The molecule has 1 atom stereocenters. The fourth-order valence-electron chi connectivity index (χ4n) is 1.81.